The Morgan fingerprint density at radius 1 is 1.65 bits per heavy atom. The summed E-state index contributed by atoms with van der Waals surface area (Å²) in [5.41, 5.74) is -0.432. The molecule has 1 heterocycles. The number of carbonyl (C=O) groups is 1. The molecule has 1 N–H and O–H groups in total. The average Bonchev–Trinajstić information content (AvgIpc) is 2.35. The first-order valence-corrected chi connectivity index (χ1v) is 5.37. The standard InChI is InChI=1S/C12H18N2O3/c1-12(11(15)16,14(2)7-8-17-3)10-5-4-6-13-9-10/h4-6,9H,7-8H2,1-3H3,(H,15,16). The molecule has 1 rings (SSSR count). The van der Waals surface area contributed by atoms with Gasteiger partial charge in [0, 0.05) is 31.6 Å². The van der Waals surface area contributed by atoms with Crippen molar-refractivity contribution in [3.63, 3.8) is 0 Å². The molecule has 1 atom stereocenters. The highest BCUT2D eigenvalue weighted by Gasteiger charge is 2.39. The van der Waals surface area contributed by atoms with E-state index >= 15 is 0 Å². The van der Waals surface area contributed by atoms with E-state index in [1.807, 2.05) is 0 Å². The molecule has 0 bridgehead atoms. The summed E-state index contributed by atoms with van der Waals surface area (Å²) in [4.78, 5) is 17.2. The lowest BCUT2D eigenvalue weighted by Crippen LogP contribution is -2.49. The van der Waals surface area contributed by atoms with Crippen LogP contribution in [0.4, 0.5) is 0 Å². The maximum absolute atomic E-state index is 11.5. The van der Waals surface area contributed by atoms with Crippen molar-refractivity contribution in [3.8, 4) is 0 Å². The Bertz CT molecular complexity index is 369. The summed E-state index contributed by atoms with van der Waals surface area (Å²) in [6.45, 7) is 2.69. The molecular formula is C12H18N2O3. The fourth-order valence-electron chi connectivity index (χ4n) is 1.61. The van der Waals surface area contributed by atoms with Crippen LogP contribution in [0.25, 0.3) is 0 Å². The predicted molar refractivity (Wildman–Crippen MR) is 63.7 cm³/mol. The summed E-state index contributed by atoms with van der Waals surface area (Å²) in [6.07, 6.45) is 3.21. The van der Waals surface area contributed by atoms with Gasteiger partial charge in [-0.05, 0) is 20.0 Å². The third kappa shape index (κ3) is 2.81. The summed E-state index contributed by atoms with van der Waals surface area (Å²) in [5.74, 6) is -0.899. The van der Waals surface area contributed by atoms with Gasteiger partial charge < -0.3 is 9.84 Å². The molecule has 1 unspecified atom stereocenters. The molecule has 0 aliphatic carbocycles. The van der Waals surface area contributed by atoms with E-state index in [0.29, 0.717) is 18.7 Å². The molecule has 0 aliphatic rings. The van der Waals surface area contributed by atoms with Gasteiger partial charge in [0.2, 0.25) is 0 Å². The van der Waals surface area contributed by atoms with E-state index in [1.54, 1.807) is 50.5 Å². The zero-order valence-electron chi connectivity index (χ0n) is 10.4. The number of aromatic nitrogens is 1. The summed E-state index contributed by atoms with van der Waals surface area (Å²) in [6, 6.07) is 3.51. The van der Waals surface area contributed by atoms with Crippen LogP contribution in [0.2, 0.25) is 0 Å². The van der Waals surface area contributed by atoms with Gasteiger partial charge in [-0.1, -0.05) is 6.07 Å². The minimum atomic E-state index is -1.09. The van der Waals surface area contributed by atoms with Crippen LogP contribution in [-0.4, -0.2) is 48.3 Å². The number of hydrogen-bond acceptors (Lipinski definition) is 4. The van der Waals surface area contributed by atoms with E-state index < -0.39 is 11.5 Å². The second-order valence-corrected chi connectivity index (χ2v) is 4.03. The van der Waals surface area contributed by atoms with Crippen molar-refractivity contribution in [1.82, 2.24) is 9.88 Å². The van der Waals surface area contributed by atoms with E-state index in [4.69, 9.17) is 4.74 Å². The van der Waals surface area contributed by atoms with E-state index in [0.717, 1.165) is 0 Å². The molecule has 94 valence electrons. The lowest BCUT2D eigenvalue weighted by molar-refractivity contribution is -0.150. The van der Waals surface area contributed by atoms with Crippen LogP contribution in [0.15, 0.2) is 24.5 Å². The first kappa shape index (κ1) is 13.6. The largest absolute Gasteiger partial charge is 0.480 e. The summed E-state index contributed by atoms with van der Waals surface area (Å²) < 4.78 is 4.97. The van der Waals surface area contributed by atoms with Crippen LogP contribution in [-0.2, 0) is 15.1 Å². The minimum Gasteiger partial charge on any atom is -0.480 e. The molecule has 0 radical (unpaired) electrons. The molecular weight excluding hydrogens is 220 g/mol. The molecule has 0 spiro atoms. The highest BCUT2D eigenvalue weighted by Crippen LogP contribution is 2.26. The number of likely N-dealkylation sites (N-methyl/N-ethyl adjacent to an activating group) is 1. The van der Waals surface area contributed by atoms with Gasteiger partial charge in [0.1, 0.15) is 5.54 Å². The maximum Gasteiger partial charge on any atom is 0.328 e. The van der Waals surface area contributed by atoms with Crippen molar-refractivity contribution >= 4 is 5.97 Å². The summed E-state index contributed by atoms with van der Waals surface area (Å²) in [5, 5.41) is 9.45. The molecule has 0 aromatic carbocycles. The van der Waals surface area contributed by atoms with Crippen molar-refractivity contribution in [2.45, 2.75) is 12.5 Å². The van der Waals surface area contributed by atoms with Crippen LogP contribution in [0.3, 0.4) is 0 Å². The van der Waals surface area contributed by atoms with E-state index in [2.05, 4.69) is 4.98 Å². The molecule has 0 aliphatic heterocycles. The number of pyridine rings is 1. The molecule has 1 aromatic rings. The second kappa shape index (κ2) is 5.75. The lowest BCUT2D eigenvalue weighted by atomic mass is 9.92. The number of carboxylic acid groups (broad SMARTS) is 1. The summed E-state index contributed by atoms with van der Waals surface area (Å²) >= 11 is 0. The topological polar surface area (TPSA) is 62.7 Å². The third-order valence-corrected chi connectivity index (χ3v) is 3.03. The molecule has 5 nitrogen and oxygen atoms in total. The highest BCUT2D eigenvalue weighted by atomic mass is 16.5. The Hall–Kier alpha value is -1.46. The van der Waals surface area contributed by atoms with E-state index in [9.17, 15) is 9.90 Å². The van der Waals surface area contributed by atoms with Gasteiger partial charge in [-0.25, -0.2) is 4.79 Å². The molecule has 17 heavy (non-hydrogen) atoms. The molecule has 5 heteroatoms. The Morgan fingerprint density at radius 2 is 2.35 bits per heavy atom. The van der Waals surface area contributed by atoms with Crippen molar-refractivity contribution in [2.24, 2.45) is 0 Å². The maximum atomic E-state index is 11.5. The van der Waals surface area contributed by atoms with E-state index in [1.165, 1.54) is 0 Å². The quantitative estimate of drug-likeness (QED) is 0.799. The third-order valence-electron chi connectivity index (χ3n) is 3.03. The predicted octanol–water partition coefficient (Wildman–Crippen LogP) is 0.960. The van der Waals surface area contributed by atoms with Gasteiger partial charge in [-0.2, -0.15) is 0 Å². The number of nitrogens with zero attached hydrogens (tertiary/aromatic N) is 2. The number of hydrogen-bond donors (Lipinski definition) is 1. The lowest BCUT2D eigenvalue weighted by Gasteiger charge is -2.35. The Morgan fingerprint density at radius 3 is 2.82 bits per heavy atom. The van der Waals surface area contributed by atoms with Crippen molar-refractivity contribution in [1.29, 1.82) is 0 Å². The van der Waals surface area contributed by atoms with Gasteiger partial charge >= 0.3 is 5.97 Å². The van der Waals surface area contributed by atoms with Gasteiger partial charge in [-0.3, -0.25) is 9.88 Å². The first-order valence-electron chi connectivity index (χ1n) is 5.37. The van der Waals surface area contributed by atoms with Crippen molar-refractivity contribution in [3.05, 3.63) is 30.1 Å². The van der Waals surface area contributed by atoms with Crippen molar-refractivity contribution in [2.75, 3.05) is 27.3 Å². The van der Waals surface area contributed by atoms with Crippen LogP contribution in [0.1, 0.15) is 12.5 Å². The Labute approximate surface area is 101 Å². The SMILES string of the molecule is COCCN(C)C(C)(C(=O)O)c1cccnc1. The minimum absolute atomic E-state index is 0.486. The number of methoxy groups -OCH3 is 1. The Balaban J connectivity index is 3.01. The smallest absolute Gasteiger partial charge is 0.328 e. The van der Waals surface area contributed by atoms with Gasteiger partial charge in [0.25, 0.3) is 0 Å². The molecule has 0 saturated carbocycles. The van der Waals surface area contributed by atoms with Gasteiger partial charge in [0.05, 0.1) is 6.61 Å². The van der Waals surface area contributed by atoms with E-state index in [-0.39, 0.29) is 0 Å². The number of rotatable bonds is 6. The summed E-state index contributed by atoms with van der Waals surface area (Å²) in [7, 11) is 3.36. The fraction of sp³-hybridized carbons (Fsp3) is 0.500. The van der Waals surface area contributed by atoms with Crippen LogP contribution in [0, 0.1) is 0 Å². The monoisotopic (exact) mass is 238 g/mol. The molecule has 1 aromatic heterocycles. The Kier molecular flexibility index (Phi) is 4.60. The molecule has 0 amide bonds. The van der Waals surface area contributed by atoms with Gasteiger partial charge in [0.15, 0.2) is 0 Å². The molecule has 0 saturated heterocycles. The van der Waals surface area contributed by atoms with Crippen molar-refractivity contribution < 1.29 is 14.6 Å². The van der Waals surface area contributed by atoms with Gasteiger partial charge in [-0.15, -0.1) is 0 Å². The highest BCUT2D eigenvalue weighted by molar-refractivity contribution is 5.80. The van der Waals surface area contributed by atoms with Crippen LogP contribution in [0.5, 0.6) is 0 Å². The second-order valence-electron chi connectivity index (χ2n) is 4.03. The fourth-order valence-corrected chi connectivity index (χ4v) is 1.61. The number of aliphatic carboxylic acids is 1. The zero-order chi connectivity index (χ0) is 12.9. The average molecular weight is 238 g/mol. The first-order chi connectivity index (χ1) is 8.03. The van der Waals surface area contributed by atoms with Crippen LogP contribution < -0.4 is 0 Å². The van der Waals surface area contributed by atoms with Crippen LogP contribution >= 0.6 is 0 Å². The molecule has 0 fully saturated rings. The normalized spacial score (nSPS) is 14.6. The number of carboxylic acids is 1. The zero-order valence-corrected chi connectivity index (χ0v) is 10.4. The number of ether oxygens (including phenoxy) is 1.